The van der Waals surface area contributed by atoms with Crippen LogP contribution >= 0.6 is 0 Å². The highest BCUT2D eigenvalue weighted by Gasteiger charge is 2.21. The maximum absolute atomic E-state index is 4.92. The molecule has 1 N–H and O–H groups in total. The predicted molar refractivity (Wildman–Crippen MR) is 87.1 cm³/mol. The molecule has 0 radical (unpaired) electrons. The van der Waals surface area contributed by atoms with E-state index in [1.807, 2.05) is 0 Å². The highest BCUT2D eigenvalue weighted by atomic mass is 15.3. The van der Waals surface area contributed by atoms with Crippen molar-refractivity contribution in [2.45, 2.75) is 79.8 Å². The molecule has 3 nitrogen and oxygen atoms in total. The van der Waals surface area contributed by atoms with Crippen LogP contribution in [0.2, 0.25) is 0 Å². The SMILES string of the molecule is CCNC(C)c1c(CC)nn(CC(CC)CC)c1CC. The molecule has 116 valence electrons. The van der Waals surface area contributed by atoms with Crippen molar-refractivity contribution in [1.29, 1.82) is 0 Å². The van der Waals surface area contributed by atoms with Crippen molar-refractivity contribution in [3.8, 4) is 0 Å². The molecular formula is C17H33N3. The van der Waals surface area contributed by atoms with Crippen LogP contribution in [0, 0.1) is 5.92 Å². The normalized spacial score (nSPS) is 13.2. The van der Waals surface area contributed by atoms with Gasteiger partial charge in [0.25, 0.3) is 0 Å². The first-order valence-corrected chi connectivity index (χ1v) is 8.44. The summed E-state index contributed by atoms with van der Waals surface area (Å²) in [6.45, 7) is 15.5. The molecule has 1 aromatic heterocycles. The molecule has 0 spiro atoms. The van der Waals surface area contributed by atoms with E-state index in [4.69, 9.17) is 5.10 Å². The molecule has 0 bridgehead atoms. The Labute approximate surface area is 125 Å². The second-order valence-corrected chi connectivity index (χ2v) is 5.66. The number of hydrogen-bond donors (Lipinski definition) is 1. The molecular weight excluding hydrogens is 246 g/mol. The molecule has 0 aliphatic heterocycles. The number of nitrogens with one attached hydrogen (secondary N) is 1. The van der Waals surface area contributed by atoms with Gasteiger partial charge in [0.15, 0.2) is 0 Å². The summed E-state index contributed by atoms with van der Waals surface area (Å²) in [4.78, 5) is 0. The van der Waals surface area contributed by atoms with Crippen molar-refractivity contribution in [2.24, 2.45) is 5.92 Å². The van der Waals surface area contributed by atoms with Gasteiger partial charge in [0.05, 0.1) is 5.69 Å². The fraction of sp³-hybridized carbons (Fsp3) is 0.824. The lowest BCUT2D eigenvalue weighted by Gasteiger charge is -2.17. The zero-order valence-electron chi connectivity index (χ0n) is 14.3. The van der Waals surface area contributed by atoms with Crippen LogP contribution in [-0.2, 0) is 19.4 Å². The van der Waals surface area contributed by atoms with E-state index in [1.54, 1.807) is 0 Å². The van der Waals surface area contributed by atoms with Gasteiger partial charge in [-0.05, 0) is 32.2 Å². The lowest BCUT2D eigenvalue weighted by molar-refractivity contribution is 0.387. The summed E-state index contributed by atoms with van der Waals surface area (Å²) < 4.78 is 2.29. The average Bonchev–Trinajstić information content (AvgIpc) is 2.82. The summed E-state index contributed by atoms with van der Waals surface area (Å²) in [6.07, 6.45) is 4.56. The van der Waals surface area contributed by atoms with Crippen molar-refractivity contribution in [1.82, 2.24) is 15.1 Å². The van der Waals surface area contributed by atoms with Gasteiger partial charge in [-0.3, -0.25) is 4.68 Å². The fourth-order valence-corrected chi connectivity index (χ4v) is 3.05. The van der Waals surface area contributed by atoms with E-state index < -0.39 is 0 Å². The van der Waals surface area contributed by atoms with E-state index in [9.17, 15) is 0 Å². The van der Waals surface area contributed by atoms with E-state index in [0.717, 1.165) is 31.8 Å². The minimum atomic E-state index is 0.403. The van der Waals surface area contributed by atoms with Gasteiger partial charge in [0.2, 0.25) is 0 Å². The first-order valence-electron chi connectivity index (χ1n) is 8.44. The Bertz CT molecular complexity index is 391. The third-order valence-electron chi connectivity index (χ3n) is 4.37. The summed E-state index contributed by atoms with van der Waals surface area (Å²) in [7, 11) is 0. The standard InChI is InChI=1S/C17H33N3/c1-7-14(8-2)12-20-16(10-4)17(13(6)18-11-5)15(9-3)19-20/h13-14,18H,7-12H2,1-6H3. The third-order valence-corrected chi connectivity index (χ3v) is 4.37. The molecule has 1 unspecified atom stereocenters. The van der Waals surface area contributed by atoms with E-state index in [2.05, 4.69) is 51.5 Å². The molecule has 0 aliphatic carbocycles. The van der Waals surface area contributed by atoms with Gasteiger partial charge in [0.1, 0.15) is 0 Å². The third kappa shape index (κ3) is 3.85. The number of rotatable bonds is 9. The Hall–Kier alpha value is -0.830. The molecule has 0 amide bonds. The minimum absolute atomic E-state index is 0.403. The molecule has 0 saturated carbocycles. The van der Waals surface area contributed by atoms with Crippen molar-refractivity contribution in [3.63, 3.8) is 0 Å². The van der Waals surface area contributed by atoms with Gasteiger partial charge in [0, 0.05) is 23.8 Å². The molecule has 0 aliphatic rings. The molecule has 0 fully saturated rings. The molecule has 0 aromatic carbocycles. The monoisotopic (exact) mass is 279 g/mol. The zero-order chi connectivity index (χ0) is 15.1. The summed E-state index contributed by atoms with van der Waals surface area (Å²) in [5, 5.41) is 8.47. The Morgan fingerprint density at radius 3 is 2.15 bits per heavy atom. The van der Waals surface area contributed by atoms with E-state index in [1.165, 1.54) is 29.8 Å². The summed E-state index contributed by atoms with van der Waals surface area (Å²) in [5.41, 5.74) is 4.16. The lowest BCUT2D eigenvalue weighted by atomic mass is 10.0. The van der Waals surface area contributed by atoms with Crippen LogP contribution in [0.1, 0.15) is 77.4 Å². The molecule has 0 saturated heterocycles. The molecule has 1 heterocycles. The van der Waals surface area contributed by atoms with Crippen molar-refractivity contribution in [2.75, 3.05) is 6.54 Å². The van der Waals surface area contributed by atoms with Crippen LogP contribution in [-0.4, -0.2) is 16.3 Å². The van der Waals surface area contributed by atoms with Crippen molar-refractivity contribution in [3.05, 3.63) is 17.0 Å². The van der Waals surface area contributed by atoms with Crippen LogP contribution in [0.4, 0.5) is 0 Å². The minimum Gasteiger partial charge on any atom is -0.310 e. The maximum atomic E-state index is 4.92. The van der Waals surface area contributed by atoms with Crippen LogP contribution in [0.15, 0.2) is 0 Å². The van der Waals surface area contributed by atoms with Gasteiger partial charge in [-0.25, -0.2) is 0 Å². The van der Waals surface area contributed by atoms with Crippen LogP contribution < -0.4 is 5.32 Å². The first-order chi connectivity index (χ1) is 9.62. The van der Waals surface area contributed by atoms with Gasteiger partial charge < -0.3 is 5.32 Å². The second kappa shape index (κ2) is 8.46. The number of aromatic nitrogens is 2. The molecule has 1 rings (SSSR count). The predicted octanol–water partition coefficient (Wildman–Crippen LogP) is 4.11. The zero-order valence-corrected chi connectivity index (χ0v) is 14.3. The number of hydrogen-bond acceptors (Lipinski definition) is 2. The Morgan fingerprint density at radius 1 is 1.05 bits per heavy atom. The maximum Gasteiger partial charge on any atom is 0.0672 e. The largest absolute Gasteiger partial charge is 0.310 e. The Kier molecular flexibility index (Phi) is 7.28. The van der Waals surface area contributed by atoms with Gasteiger partial charge in [-0.1, -0.05) is 47.5 Å². The van der Waals surface area contributed by atoms with Crippen molar-refractivity contribution >= 4 is 0 Å². The lowest BCUT2D eigenvalue weighted by Crippen LogP contribution is -2.20. The topological polar surface area (TPSA) is 29.9 Å². The fourth-order valence-electron chi connectivity index (χ4n) is 3.05. The van der Waals surface area contributed by atoms with E-state index in [-0.39, 0.29) is 0 Å². The second-order valence-electron chi connectivity index (χ2n) is 5.66. The first kappa shape index (κ1) is 17.2. The summed E-state index contributed by atoms with van der Waals surface area (Å²) >= 11 is 0. The van der Waals surface area contributed by atoms with Gasteiger partial charge in [-0.15, -0.1) is 0 Å². The van der Waals surface area contributed by atoms with Crippen molar-refractivity contribution < 1.29 is 0 Å². The Morgan fingerprint density at radius 2 is 1.70 bits per heavy atom. The molecule has 1 aromatic rings. The summed E-state index contributed by atoms with van der Waals surface area (Å²) in [5.74, 6) is 0.743. The molecule has 20 heavy (non-hydrogen) atoms. The van der Waals surface area contributed by atoms with Gasteiger partial charge in [-0.2, -0.15) is 5.10 Å². The summed E-state index contributed by atoms with van der Waals surface area (Å²) in [6, 6.07) is 0.403. The van der Waals surface area contributed by atoms with Crippen LogP contribution in [0.25, 0.3) is 0 Å². The average molecular weight is 279 g/mol. The molecule has 1 atom stereocenters. The quantitative estimate of drug-likeness (QED) is 0.737. The number of aryl methyl sites for hydroxylation is 1. The van der Waals surface area contributed by atoms with Crippen LogP contribution in [0.3, 0.4) is 0 Å². The molecule has 3 heteroatoms. The van der Waals surface area contributed by atoms with E-state index >= 15 is 0 Å². The van der Waals surface area contributed by atoms with E-state index in [0.29, 0.717) is 6.04 Å². The van der Waals surface area contributed by atoms with Gasteiger partial charge >= 0.3 is 0 Å². The van der Waals surface area contributed by atoms with Crippen LogP contribution in [0.5, 0.6) is 0 Å². The highest BCUT2D eigenvalue weighted by molar-refractivity contribution is 5.30. The smallest absolute Gasteiger partial charge is 0.0672 e. The number of nitrogens with zero attached hydrogens (tertiary/aromatic N) is 2. The highest BCUT2D eigenvalue weighted by Crippen LogP contribution is 2.25. The Balaban J connectivity index is 3.13.